The van der Waals surface area contributed by atoms with Gasteiger partial charge < -0.3 is 5.11 Å². The van der Waals surface area contributed by atoms with E-state index in [1.165, 1.54) is 22.9 Å². The fourth-order valence-corrected chi connectivity index (χ4v) is 2.25. The Morgan fingerprint density at radius 3 is 2.42 bits per heavy atom. The summed E-state index contributed by atoms with van der Waals surface area (Å²) in [5.41, 5.74) is 2.36. The summed E-state index contributed by atoms with van der Waals surface area (Å²) in [5.74, 6) is -0.190. The van der Waals surface area contributed by atoms with Gasteiger partial charge in [0.1, 0.15) is 5.69 Å². The van der Waals surface area contributed by atoms with Crippen LogP contribution in [0.1, 0.15) is 21.6 Å². The van der Waals surface area contributed by atoms with Crippen molar-refractivity contribution >= 4 is 17.5 Å². The first-order valence-corrected chi connectivity index (χ1v) is 7.66. The molecule has 0 unspecified atom stereocenters. The van der Waals surface area contributed by atoms with E-state index in [0.29, 0.717) is 22.5 Å². The lowest BCUT2D eigenvalue weighted by atomic mass is 10.1. The first kappa shape index (κ1) is 17.2. The lowest BCUT2D eigenvalue weighted by Crippen LogP contribution is -1.98. The molecular weight excluding hydrogens is 336 g/mol. The van der Waals surface area contributed by atoms with Crippen LogP contribution in [0.25, 0.3) is 11.8 Å². The van der Waals surface area contributed by atoms with E-state index in [4.69, 9.17) is 5.11 Å². The Labute approximate surface area is 148 Å². The van der Waals surface area contributed by atoms with Crippen molar-refractivity contribution in [1.29, 1.82) is 0 Å². The average Bonchev–Trinajstić information content (AvgIpc) is 3.16. The van der Waals surface area contributed by atoms with E-state index in [0.717, 1.165) is 0 Å². The number of non-ortho nitro benzene ring substituents is 1. The number of nitro groups is 1. The molecule has 0 aliphatic heterocycles. The molecule has 0 atom stereocenters. The van der Waals surface area contributed by atoms with Crippen LogP contribution in [0.15, 0.2) is 60.8 Å². The molecule has 0 saturated carbocycles. The molecule has 0 amide bonds. The Bertz CT molecular complexity index is 960. The van der Waals surface area contributed by atoms with Crippen molar-refractivity contribution < 1.29 is 14.8 Å². The first-order chi connectivity index (χ1) is 12.6. The number of nitro benzene ring substituents is 1. The number of ketones is 1. The van der Waals surface area contributed by atoms with E-state index in [-0.39, 0.29) is 18.1 Å². The van der Waals surface area contributed by atoms with E-state index in [1.807, 2.05) is 0 Å². The van der Waals surface area contributed by atoms with Gasteiger partial charge in [0, 0.05) is 17.7 Å². The number of carbonyl (C=O) groups is 1. The quantitative estimate of drug-likeness (QED) is 0.316. The van der Waals surface area contributed by atoms with E-state index < -0.39 is 4.92 Å². The van der Waals surface area contributed by atoms with Gasteiger partial charge in [-0.15, -0.1) is 5.10 Å². The Morgan fingerprint density at radius 1 is 1.15 bits per heavy atom. The summed E-state index contributed by atoms with van der Waals surface area (Å²) in [4.78, 5) is 22.4. The highest BCUT2D eigenvalue weighted by Gasteiger charge is 2.06. The van der Waals surface area contributed by atoms with Gasteiger partial charge in [-0.1, -0.05) is 11.3 Å². The number of aromatic nitrogens is 3. The van der Waals surface area contributed by atoms with Gasteiger partial charge in [0.2, 0.25) is 0 Å². The van der Waals surface area contributed by atoms with Crippen molar-refractivity contribution in [2.75, 3.05) is 0 Å². The standard InChI is InChI=1S/C18H14N4O4/c23-12-15-11-21(20-19-15)16-8-4-14(5-9-16)18(24)10-3-13-1-6-17(7-2-13)22(25)26/h1-11,23H,12H2/b10-3+. The molecular formula is C18H14N4O4. The molecule has 0 bridgehead atoms. The van der Waals surface area contributed by atoms with Gasteiger partial charge in [-0.3, -0.25) is 14.9 Å². The molecule has 1 N–H and O–H groups in total. The van der Waals surface area contributed by atoms with E-state index >= 15 is 0 Å². The zero-order chi connectivity index (χ0) is 18.5. The minimum atomic E-state index is -0.473. The largest absolute Gasteiger partial charge is 0.390 e. The van der Waals surface area contributed by atoms with Gasteiger partial charge in [0.05, 0.1) is 23.4 Å². The summed E-state index contributed by atoms with van der Waals surface area (Å²) < 4.78 is 1.51. The first-order valence-electron chi connectivity index (χ1n) is 7.66. The van der Waals surface area contributed by atoms with Crippen LogP contribution in [0.5, 0.6) is 0 Å². The number of nitrogens with zero attached hydrogens (tertiary/aromatic N) is 4. The third-order valence-corrected chi connectivity index (χ3v) is 3.65. The van der Waals surface area contributed by atoms with Crippen molar-refractivity contribution in [3.05, 3.63) is 87.7 Å². The number of hydrogen-bond acceptors (Lipinski definition) is 6. The minimum Gasteiger partial charge on any atom is -0.390 e. The predicted octanol–water partition coefficient (Wildman–Crippen LogP) is 2.56. The average molecular weight is 350 g/mol. The predicted molar refractivity (Wildman–Crippen MR) is 93.7 cm³/mol. The summed E-state index contributed by atoms with van der Waals surface area (Å²) in [6.45, 7) is -0.190. The molecule has 0 spiro atoms. The number of rotatable bonds is 6. The fourth-order valence-electron chi connectivity index (χ4n) is 2.25. The van der Waals surface area contributed by atoms with Gasteiger partial charge >= 0.3 is 0 Å². The molecule has 1 heterocycles. The second-order valence-electron chi connectivity index (χ2n) is 5.41. The Hall–Kier alpha value is -3.65. The van der Waals surface area contributed by atoms with Crippen molar-refractivity contribution in [3.63, 3.8) is 0 Å². The van der Waals surface area contributed by atoms with Gasteiger partial charge in [-0.2, -0.15) is 0 Å². The molecule has 0 saturated heterocycles. The lowest BCUT2D eigenvalue weighted by molar-refractivity contribution is -0.384. The molecule has 0 fully saturated rings. The Balaban J connectivity index is 1.70. The van der Waals surface area contributed by atoms with Crippen molar-refractivity contribution in [1.82, 2.24) is 15.0 Å². The molecule has 0 radical (unpaired) electrons. The number of hydrogen-bond donors (Lipinski definition) is 1. The monoisotopic (exact) mass is 350 g/mol. The third-order valence-electron chi connectivity index (χ3n) is 3.65. The summed E-state index contributed by atoms with van der Waals surface area (Å²) in [5, 5.41) is 27.3. The van der Waals surface area contributed by atoms with Gasteiger partial charge in [-0.05, 0) is 48.0 Å². The maximum atomic E-state index is 12.2. The van der Waals surface area contributed by atoms with Crippen molar-refractivity contribution in [3.8, 4) is 5.69 Å². The highest BCUT2D eigenvalue weighted by atomic mass is 16.6. The smallest absolute Gasteiger partial charge is 0.269 e. The van der Waals surface area contributed by atoms with Crippen LogP contribution in [0.3, 0.4) is 0 Å². The number of aliphatic hydroxyl groups is 1. The molecule has 0 aliphatic carbocycles. The van der Waals surface area contributed by atoms with Crippen LogP contribution in [0.4, 0.5) is 5.69 Å². The maximum absolute atomic E-state index is 12.2. The van der Waals surface area contributed by atoms with E-state index in [9.17, 15) is 14.9 Å². The summed E-state index contributed by atoms with van der Waals surface area (Å²) in [7, 11) is 0. The van der Waals surface area contributed by atoms with E-state index in [1.54, 1.807) is 48.7 Å². The van der Waals surface area contributed by atoms with Gasteiger partial charge in [0.15, 0.2) is 5.78 Å². The lowest BCUT2D eigenvalue weighted by Gasteiger charge is -2.01. The Morgan fingerprint density at radius 2 is 1.85 bits per heavy atom. The second-order valence-corrected chi connectivity index (χ2v) is 5.41. The number of benzene rings is 2. The van der Waals surface area contributed by atoms with Gasteiger partial charge in [-0.25, -0.2) is 4.68 Å². The molecule has 8 heteroatoms. The fraction of sp³-hybridized carbons (Fsp3) is 0.0556. The normalized spacial score (nSPS) is 11.0. The highest BCUT2D eigenvalue weighted by molar-refractivity contribution is 6.06. The van der Waals surface area contributed by atoms with Crippen LogP contribution in [0.2, 0.25) is 0 Å². The highest BCUT2D eigenvalue weighted by Crippen LogP contribution is 2.14. The van der Waals surface area contributed by atoms with Crippen LogP contribution < -0.4 is 0 Å². The molecule has 2 aromatic carbocycles. The second kappa shape index (κ2) is 7.49. The zero-order valence-corrected chi connectivity index (χ0v) is 13.5. The molecule has 3 rings (SSSR count). The topological polar surface area (TPSA) is 111 Å². The van der Waals surface area contributed by atoms with Crippen molar-refractivity contribution in [2.45, 2.75) is 6.61 Å². The molecule has 0 aliphatic rings. The summed E-state index contributed by atoms with van der Waals surface area (Å²) >= 11 is 0. The molecule has 130 valence electrons. The van der Waals surface area contributed by atoms with E-state index in [2.05, 4.69) is 10.3 Å². The molecule has 3 aromatic rings. The number of aliphatic hydroxyl groups excluding tert-OH is 1. The number of allylic oxidation sites excluding steroid dienone is 1. The van der Waals surface area contributed by atoms with Crippen LogP contribution in [-0.2, 0) is 6.61 Å². The van der Waals surface area contributed by atoms with Crippen LogP contribution in [-0.4, -0.2) is 30.8 Å². The summed E-state index contributed by atoms with van der Waals surface area (Å²) in [6, 6.07) is 12.7. The number of carbonyl (C=O) groups excluding carboxylic acids is 1. The SMILES string of the molecule is O=C(/C=C/c1ccc([N+](=O)[O-])cc1)c1ccc(-n2cc(CO)nn2)cc1. The maximum Gasteiger partial charge on any atom is 0.269 e. The Kier molecular flexibility index (Phi) is 4.95. The summed E-state index contributed by atoms with van der Waals surface area (Å²) in [6.07, 6.45) is 4.62. The van der Waals surface area contributed by atoms with Gasteiger partial charge in [0.25, 0.3) is 5.69 Å². The zero-order valence-electron chi connectivity index (χ0n) is 13.5. The molecule has 8 nitrogen and oxygen atoms in total. The molecule has 26 heavy (non-hydrogen) atoms. The van der Waals surface area contributed by atoms with Crippen molar-refractivity contribution in [2.24, 2.45) is 0 Å². The van der Waals surface area contributed by atoms with Crippen LogP contribution >= 0.6 is 0 Å². The third kappa shape index (κ3) is 3.87. The molecule has 1 aromatic heterocycles. The van der Waals surface area contributed by atoms with Crippen LogP contribution in [0, 0.1) is 10.1 Å². The minimum absolute atomic E-state index is 0.00142.